The molecule has 7 heteroatoms. The number of aromatic nitrogens is 3. The van der Waals surface area contributed by atoms with Crippen LogP contribution in [0.4, 0.5) is 0 Å². The van der Waals surface area contributed by atoms with Gasteiger partial charge in [-0.25, -0.2) is 14.9 Å². The smallest absolute Gasteiger partial charge is 0.276 e. The number of amides is 1. The highest BCUT2D eigenvalue weighted by atomic mass is 16.2. The molecule has 0 fully saturated rings. The summed E-state index contributed by atoms with van der Waals surface area (Å²) in [6.45, 7) is 6.16. The third kappa shape index (κ3) is 2.24. The Bertz CT molecular complexity index is 671. The van der Waals surface area contributed by atoms with E-state index in [1.54, 1.807) is 6.92 Å². The van der Waals surface area contributed by atoms with E-state index in [-0.39, 0.29) is 11.5 Å². The van der Waals surface area contributed by atoms with Gasteiger partial charge in [0.05, 0.1) is 0 Å². The molecule has 2 aromatic rings. The number of nitrogens with one attached hydrogen (secondary N) is 3. The highest BCUT2D eigenvalue weighted by Crippen LogP contribution is 2.09. The molecule has 0 radical (unpaired) electrons. The van der Waals surface area contributed by atoms with Gasteiger partial charge in [0, 0.05) is 24.0 Å². The average Bonchev–Trinajstić information content (AvgIpc) is 2.80. The van der Waals surface area contributed by atoms with Crippen LogP contribution in [0.1, 0.15) is 35.5 Å². The van der Waals surface area contributed by atoms with Crippen molar-refractivity contribution in [1.82, 2.24) is 25.4 Å². The maximum absolute atomic E-state index is 12.2. The Kier molecular flexibility index (Phi) is 3.66. The van der Waals surface area contributed by atoms with E-state index in [9.17, 15) is 9.59 Å². The van der Waals surface area contributed by atoms with Crippen molar-refractivity contribution < 1.29 is 4.79 Å². The van der Waals surface area contributed by atoms with Crippen molar-refractivity contribution in [3.63, 3.8) is 0 Å². The first-order valence-electron chi connectivity index (χ1n) is 6.22. The zero-order valence-corrected chi connectivity index (χ0v) is 11.2. The number of carbonyl (C=O) groups is 1. The van der Waals surface area contributed by atoms with Gasteiger partial charge in [-0.3, -0.25) is 20.1 Å². The Labute approximate surface area is 110 Å². The van der Waals surface area contributed by atoms with E-state index in [0.717, 1.165) is 0 Å². The summed E-state index contributed by atoms with van der Waals surface area (Å²) in [7, 11) is 0. The van der Waals surface area contributed by atoms with Gasteiger partial charge in [-0.15, -0.1) is 0 Å². The van der Waals surface area contributed by atoms with E-state index in [1.807, 2.05) is 13.8 Å². The van der Waals surface area contributed by atoms with Crippen LogP contribution in [0.5, 0.6) is 0 Å². The second kappa shape index (κ2) is 5.23. The number of hydrazine groups is 1. The lowest BCUT2D eigenvalue weighted by Crippen LogP contribution is -2.37. The fourth-order valence-electron chi connectivity index (χ4n) is 1.97. The van der Waals surface area contributed by atoms with Gasteiger partial charge in [-0.2, -0.15) is 0 Å². The summed E-state index contributed by atoms with van der Waals surface area (Å²) in [6.07, 6.45) is 2.09. The van der Waals surface area contributed by atoms with Crippen LogP contribution in [-0.2, 0) is 6.42 Å². The maximum atomic E-state index is 12.2. The molecule has 0 bridgehead atoms. The molecule has 0 aromatic carbocycles. The Morgan fingerprint density at radius 3 is 2.84 bits per heavy atom. The van der Waals surface area contributed by atoms with Gasteiger partial charge in [-0.1, -0.05) is 13.8 Å². The van der Waals surface area contributed by atoms with Crippen molar-refractivity contribution in [3.8, 4) is 0 Å². The normalized spacial score (nSPS) is 10.9. The predicted molar refractivity (Wildman–Crippen MR) is 71.1 cm³/mol. The topological polar surface area (TPSA) is 91.3 Å². The molecule has 0 aliphatic carbocycles. The fraction of sp³-hybridized carbons (Fsp3) is 0.417. The van der Waals surface area contributed by atoms with E-state index in [1.165, 1.54) is 10.7 Å². The third-order valence-electron chi connectivity index (χ3n) is 2.94. The van der Waals surface area contributed by atoms with Crippen LogP contribution >= 0.6 is 0 Å². The third-order valence-corrected chi connectivity index (χ3v) is 2.94. The summed E-state index contributed by atoms with van der Waals surface area (Å²) in [5, 5.41) is 2.77. The van der Waals surface area contributed by atoms with Crippen molar-refractivity contribution in [2.45, 2.75) is 27.2 Å². The Balaban J connectivity index is 2.55. The zero-order valence-electron chi connectivity index (χ0n) is 11.2. The van der Waals surface area contributed by atoms with Crippen molar-refractivity contribution >= 4 is 11.6 Å². The number of aromatic amines is 1. The molecule has 0 unspecified atom stereocenters. The second-order valence-electron chi connectivity index (χ2n) is 4.17. The van der Waals surface area contributed by atoms with Gasteiger partial charge in [0.25, 0.3) is 11.5 Å². The van der Waals surface area contributed by atoms with Crippen LogP contribution in [-0.4, -0.2) is 27.0 Å². The van der Waals surface area contributed by atoms with Gasteiger partial charge in [0.2, 0.25) is 0 Å². The molecular formula is C12H17N5O2. The first kappa shape index (κ1) is 13.3. The molecule has 0 spiro atoms. The number of fused-ring (bicyclic) bond motifs is 1. The number of hydrogen-bond acceptors (Lipinski definition) is 4. The van der Waals surface area contributed by atoms with Gasteiger partial charge in [0.15, 0.2) is 5.65 Å². The van der Waals surface area contributed by atoms with Crippen LogP contribution in [0.2, 0.25) is 0 Å². The summed E-state index contributed by atoms with van der Waals surface area (Å²) in [4.78, 5) is 28.4. The largest absolute Gasteiger partial charge is 0.296 e. The highest BCUT2D eigenvalue weighted by molar-refractivity contribution is 5.99. The monoisotopic (exact) mass is 263 g/mol. The first-order chi connectivity index (χ1) is 9.10. The Hall–Kier alpha value is -2.15. The van der Waals surface area contributed by atoms with Crippen molar-refractivity contribution in [2.75, 3.05) is 6.54 Å². The number of hydrogen-bond donors (Lipinski definition) is 3. The van der Waals surface area contributed by atoms with E-state index < -0.39 is 0 Å². The quantitative estimate of drug-likeness (QED) is 0.685. The van der Waals surface area contributed by atoms with Crippen molar-refractivity contribution in [3.05, 3.63) is 33.4 Å². The molecule has 2 heterocycles. The molecule has 1 amide bonds. The summed E-state index contributed by atoms with van der Waals surface area (Å²) in [6, 6.07) is 0. The fourth-order valence-corrected chi connectivity index (χ4v) is 1.97. The molecule has 3 N–H and O–H groups in total. The first-order valence-corrected chi connectivity index (χ1v) is 6.22. The van der Waals surface area contributed by atoms with Crippen LogP contribution in [0.15, 0.2) is 11.0 Å². The molecule has 0 atom stereocenters. The minimum atomic E-state index is -0.323. The lowest BCUT2D eigenvalue weighted by Gasteiger charge is -2.05. The highest BCUT2D eigenvalue weighted by Gasteiger charge is 2.16. The van der Waals surface area contributed by atoms with Crippen LogP contribution in [0, 0.1) is 6.92 Å². The predicted octanol–water partition coefficient (Wildman–Crippen LogP) is 0.148. The molecule has 2 aromatic heterocycles. The summed E-state index contributed by atoms with van der Waals surface area (Å²) >= 11 is 0. The number of rotatable bonds is 4. The Morgan fingerprint density at radius 1 is 1.47 bits per heavy atom. The van der Waals surface area contributed by atoms with Crippen molar-refractivity contribution in [1.29, 1.82) is 0 Å². The van der Waals surface area contributed by atoms with Crippen LogP contribution < -0.4 is 16.4 Å². The standard InChI is InChI=1S/C12H17N5O2/c1-4-8-7(3)15-10-9(11(18)16-13-5-2)6-14-17(10)12(8)19/h6,13-14H,4-5H2,1-3H3,(H,16,18). The molecule has 0 aliphatic rings. The number of H-pyrrole nitrogens is 1. The summed E-state index contributed by atoms with van der Waals surface area (Å²) in [5.74, 6) is -0.323. The molecule has 7 nitrogen and oxygen atoms in total. The molecule has 102 valence electrons. The maximum Gasteiger partial charge on any atom is 0.276 e. The van der Waals surface area contributed by atoms with E-state index in [4.69, 9.17) is 0 Å². The van der Waals surface area contributed by atoms with E-state index in [0.29, 0.717) is 35.4 Å². The Morgan fingerprint density at radius 2 is 2.21 bits per heavy atom. The molecular weight excluding hydrogens is 246 g/mol. The molecule has 0 aliphatic heterocycles. The van der Waals surface area contributed by atoms with Crippen molar-refractivity contribution in [2.24, 2.45) is 0 Å². The van der Waals surface area contributed by atoms with Gasteiger partial charge in [0.1, 0.15) is 5.56 Å². The molecule has 19 heavy (non-hydrogen) atoms. The summed E-state index contributed by atoms with van der Waals surface area (Å²) in [5.41, 5.74) is 7.08. The van der Waals surface area contributed by atoms with Gasteiger partial charge in [-0.05, 0) is 13.3 Å². The lowest BCUT2D eigenvalue weighted by atomic mass is 10.2. The van der Waals surface area contributed by atoms with E-state index >= 15 is 0 Å². The number of aryl methyl sites for hydroxylation is 1. The van der Waals surface area contributed by atoms with Gasteiger partial charge >= 0.3 is 0 Å². The van der Waals surface area contributed by atoms with Crippen LogP contribution in [0.25, 0.3) is 5.65 Å². The number of carbonyl (C=O) groups excluding carboxylic acids is 1. The average molecular weight is 263 g/mol. The minimum absolute atomic E-state index is 0.160. The molecule has 0 saturated carbocycles. The minimum Gasteiger partial charge on any atom is -0.296 e. The van der Waals surface area contributed by atoms with E-state index in [2.05, 4.69) is 20.9 Å². The SMILES string of the molecule is CCNNC(=O)c1c[nH]n2c(=O)c(CC)c(C)nc12. The second-order valence-corrected chi connectivity index (χ2v) is 4.17. The number of nitrogens with zero attached hydrogens (tertiary/aromatic N) is 2. The lowest BCUT2D eigenvalue weighted by molar-refractivity contribution is 0.0936. The van der Waals surface area contributed by atoms with Crippen LogP contribution in [0.3, 0.4) is 0 Å². The zero-order chi connectivity index (χ0) is 14.0. The molecule has 2 rings (SSSR count). The van der Waals surface area contributed by atoms with Gasteiger partial charge < -0.3 is 0 Å². The molecule has 0 saturated heterocycles. The summed E-state index contributed by atoms with van der Waals surface area (Å²) < 4.78 is 1.30.